The molecule has 0 saturated carbocycles. The maximum Gasteiger partial charge on any atom is 0.141 e. The minimum absolute atomic E-state index is 0.481. The van der Waals surface area contributed by atoms with Gasteiger partial charge in [-0.25, -0.2) is 9.97 Å². The van der Waals surface area contributed by atoms with Gasteiger partial charge >= 0.3 is 0 Å². The molecule has 3 rings (SSSR count). The van der Waals surface area contributed by atoms with Gasteiger partial charge in [0.25, 0.3) is 0 Å². The number of methoxy groups -OCH3 is 2. The fraction of sp³-hybridized carbons (Fsp3) is 0.304. The van der Waals surface area contributed by atoms with Gasteiger partial charge in [-0.1, -0.05) is 12.0 Å². The van der Waals surface area contributed by atoms with Crippen molar-refractivity contribution in [3.05, 3.63) is 53.9 Å². The van der Waals surface area contributed by atoms with Crippen LogP contribution < -0.4 is 10.1 Å². The zero-order valence-corrected chi connectivity index (χ0v) is 16.8. The second-order valence-corrected chi connectivity index (χ2v) is 6.49. The Morgan fingerprint density at radius 2 is 1.90 bits per heavy atom. The van der Waals surface area contributed by atoms with E-state index < -0.39 is 0 Å². The van der Waals surface area contributed by atoms with Crippen LogP contribution in [0.1, 0.15) is 17.5 Å². The lowest BCUT2D eigenvalue weighted by molar-refractivity contribution is 0.145. The molecule has 3 aromatic rings. The molecule has 1 N–H and O–H groups in total. The van der Waals surface area contributed by atoms with Crippen molar-refractivity contribution in [2.75, 3.05) is 39.4 Å². The van der Waals surface area contributed by atoms with E-state index in [9.17, 15) is 0 Å². The number of rotatable bonds is 10. The molecule has 0 atom stereocenters. The first-order valence-electron chi connectivity index (χ1n) is 9.47. The van der Waals surface area contributed by atoms with Crippen LogP contribution in [-0.4, -0.2) is 44.0 Å². The van der Waals surface area contributed by atoms with Crippen LogP contribution in [0.25, 0.3) is 10.9 Å². The summed E-state index contributed by atoms with van der Waals surface area (Å²) in [6.07, 6.45) is 8.77. The molecule has 2 aromatic carbocycles. The number of hydrogen-bond acceptors (Lipinski definition) is 6. The molecule has 0 aliphatic carbocycles. The van der Waals surface area contributed by atoms with Crippen LogP contribution in [0.4, 0.5) is 11.5 Å². The molecule has 29 heavy (non-hydrogen) atoms. The monoisotopic (exact) mass is 391 g/mol. The Bertz CT molecular complexity index is 998. The molecular formula is C23H25N3O3. The van der Waals surface area contributed by atoms with Crippen molar-refractivity contribution < 1.29 is 14.2 Å². The number of fused-ring (bicyclic) bond motifs is 1. The summed E-state index contributed by atoms with van der Waals surface area (Å²) in [6.45, 7) is 1.69. The van der Waals surface area contributed by atoms with Crippen LogP contribution in [-0.2, 0) is 15.9 Å². The molecule has 0 unspecified atom stereocenters. The topological polar surface area (TPSA) is 65.5 Å². The van der Waals surface area contributed by atoms with Crippen molar-refractivity contribution in [1.82, 2.24) is 9.97 Å². The van der Waals surface area contributed by atoms with Gasteiger partial charge in [-0.3, -0.25) is 0 Å². The fourth-order valence-electron chi connectivity index (χ4n) is 3.02. The van der Waals surface area contributed by atoms with Crippen molar-refractivity contribution in [2.45, 2.75) is 12.8 Å². The number of aromatic nitrogens is 2. The highest BCUT2D eigenvalue weighted by molar-refractivity contribution is 5.92. The standard InChI is InChI=1S/C23H25N3O3/c1-4-17-7-5-9-19(13-17)26-23-20-14-18(8-6-10-27-2)22(29-12-11-28-3)15-21(20)24-16-25-23/h1,5,7,9,13-16H,6,8,10-12H2,2-3H3,(H,24,25,26). The van der Waals surface area contributed by atoms with Gasteiger partial charge in [-0.15, -0.1) is 6.42 Å². The molecule has 0 fully saturated rings. The summed E-state index contributed by atoms with van der Waals surface area (Å²) >= 11 is 0. The second-order valence-electron chi connectivity index (χ2n) is 6.49. The molecule has 1 heterocycles. The summed E-state index contributed by atoms with van der Waals surface area (Å²) in [5.74, 6) is 4.18. The van der Waals surface area contributed by atoms with E-state index in [4.69, 9.17) is 20.6 Å². The highest BCUT2D eigenvalue weighted by atomic mass is 16.5. The molecule has 6 heteroatoms. The van der Waals surface area contributed by atoms with Gasteiger partial charge in [-0.05, 0) is 42.7 Å². The summed E-state index contributed by atoms with van der Waals surface area (Å²) in [5.41, 5.74) is 3.57. The number of nitrogens with zero attached hydrogens (tertiary/aromatic N) is 2. The van der Waals surface area contributed by atoms with Gasteiger partial charge in [0.1, 0.15) is 24.5 Å². The van der Waals surface area contributed by atoms with E-state index in [0.29, 0.717) is 19.8 Å². The molecule has 0 aliphatic heterocycles. The van der Waals surface area contributed by atoms with Gasteiger partial charge in [0.05, 0.1) is 12.1 Å². The van der Waals surface area contributed by atoms with E-state index in [-0.39, 0.29) is 0 Å². The highest BCUT2D eigenvalue weighted by Gasteiger charge is 2.12. The maximum absolute atomic E-state index is 5.94. The summed E-state index contributed by atoms with van der Waals surface area (Å²) < 4.78 is 16.2. The van der Waals surface area contributed by atoms with E-state index in [1.165, 1.54) is 0 Å². The van der Waals surface area contributed by atoms with Crippen LogP contribution in [0.3, 0.4) is 0 Å². The van der Waals surface area contributed by atoms with E-state index in [0.717, 1.165) is 52.1 Å². The highest BCUT2D eigenvalue weighted by Crippen LogP contribution is 2.30. The lowest BCUT2D eigenvalue weighted by Gasteiger charge is -2.15. The number of nitrogens with one attached hydrogen (secondary N) is 1. The van der Waals surface area contributed by atoms with Gasteiger partial charge in [0.2, 0.25) is 0 Å². The van der Waals surface area contributed by atoms with Crippen LogP contribution in [0, 0.1) is 12.3 Å². The SMILES string of the molecule is C#Cc1cccc(Nc2ncnc3cc(OCCOC)c(CCCOC)cc23)c1. The van der Waals surface area contributed by atoms with Crippen molar-refractivity contribution in [3.63, 3.8) is 0 Å². The average Bonchev–Trinajstić information content (AvgIpc) is 2.75. The lowest BCUT2D eigenvalue weighted by atomic mass is 10.1. The number of ether oxygens (including phenoxy) is 3. The molecule has 6 nitrogen and oxygen atoms in total. The molecule has 0 amide bonds. The second kappa shape index (κ2) is 10.4. The first kappa shape index (κ1) is 20.6. The van der Waals surface area contributed by atoms with Crippen LogP contribution >= 0.6 is 0 Å². The Kier molecular flexibility index (Phi) is 7.40. The predicted molar refractivity (Wildman–Crippen MR) is 115 cm³/mol. The number of hydrogen-bond donors (Lipinski definition) is 1. The molecule has 0 bridgehead atoms. The zero-order chi connectivity index (χ0) is 20.5. The third-order valence-electron chi connectivity index (χ3n) is 4.45. The normalized spacial score (nSPS) is 10.7. The number of anilines is 2. The lowest BCUT2D eigenvalue weighted by Crippen LogP contribution is -2.07. The van der Waals surface area contributed by atoms with Crippen molar-refractivity contribution in [3.8, 4) is 18.1 Å². The largest absolute Gasteiger partial charge is 0.491 e. The van der Waals surface area contributed by atoms with Crippen LogP contribution in [0.2, 0.25) is 0 Å². The third-order valence-corrected chi connectivity index (χ3v) is 4.45. The summed E-state index contributed by atoms with van der Waals surface area (Å²) in [7, 11) is 3.36. The summed E-state index contributed by atoms with van der Waals surface area (Å²) in [4.78, 5) is 8.87. The Hall–Kier alpha value is -3.14. The minimum atomic E-state index is 0.481. The maximum atomic E-state index is 5.94. The van der Waals surface area contributed by atoms with Crippen molar-refractivity contribution in [1.29, 1.82) is 0 Å². The minimum Gasteiger partial charge on any atom is -0.491 e. The zero-order valence-electron chi connectivity index (χ0n) is 16.8. The molecule has 0 spiro atoms. The van der Waals surface area contributed by atoms with Gasteiger partial charge in [0, 0.05) is 43.5 Å². The van der Waals surface area contributed by atoms with E-state index in [2.05, 4.69) is 27.3 Å². The van der Waals surface area contributed by atoms with Gasteiger partial charge < -0.3 is 19.5 Å². The molecule has 0 aliphatic rings. The smallest absolute Gasteiger partial charge is 0.141 e. The van der Waals surface area contributed by atoms with Gasteiger partial charge in [-0.2, -0.15) is 0 Å². The summed E-state index contributed by atoms with van der Waals surface area (Å²) in [5, 5.41) is 4.28. The number of benzene rings is 2. The van der Waals surface area contributed by atoms with E-state index in [1.807, 2.05) is 30.3 Å². The Labute approximate surface area is 171 Å². The molecule has 0 radical (unpaired) electrons. The van der Waals surface area contributed by atoms with E-state index >= 15 is 0 Å². The van der Waals surface area contributed by atoms with Crippen LogP contribution in [0.5, 0.6) is 5.75 Å². The fourth-order valence-corrected chi connectivity index (χ4v) is 3.02. The van der Waals surface area contributed by atoms with Gasteiger partial charge in [0.15, 0.2) is 0 Å². The van der Waals surface area contributed by atoms with Crippen LogP contribution in [0.15, 0.2) is 42.7 Å². The molecule has 0 saturated heterocycles. The Morgan fingerprint density at radius 3 is 2.69 bits per heavy atom. The molecule has 150 valence electrons. The van der Waals surface area contributed by atoms with Crippen molar-refractivity contribution >= 4 is 22.4 Å². The Morgan fingerprint density at radius 1 is 1.03 bits per heavy atom. The number of terminal acetylenes is 1. The predicted octanol–water partition coefficient (Wildman–Crippen LogP) is 3.96. The average molecular weight is 391 g/mol. The molecule has 1 aromatic heterocycles. The number of aryl methyl sites for hydroxylation is 1. The summed E-state index contributed by atoms with van der Waals surface area (Å²) in [6, 6.07) is 11.7. The first-order chi connectivity index (χ1) is 14.2. The Balaban J connectivity index is 1.96. The molecular weight excluding hydrogens is 366 g/mol. The van der Waals surface area contributed by atoms with Crippen molar-refractivity contribution in [2.24, 2.45) is 0 Å². The third kappa shape index (κ3) is 5.44. The first-order valence-corrected chi connectivity index (χ1v) is 9.47. The van der Waals surface area contributed by atoms with E-state index in [1.54, 1.807) is 20.5 Å². The quantitative estimate of drug-likeness (QED) is 0.417.